The minimum absolute atomic E-state index is 0.145. The highest BCUT2D eigenvalue weighted by atomic mass is 35.5. The van der Waals surface area contributed by atoms with Crippen LogP contribution in [0.4, 0.5) is 0 Å². The van der Waals surface area contributed by atoms with Gasteiger partial charge in [-0.25, -0.2) is 4.79 Å². The molecule has 0 radical (unpaired) electrons. The number of hydrogen-bond donors (Lipinski definition) is 1. The van der Waals surface area contributed by atoms with Crippen LogP contribution in [0, 0.1) is 5.92 Å². The van der Waals surface area contributed by atoms with Gasteiger partial charge in [0.15, 0.2) is 17.6 Å². The van der Waals surface area contributed by atoms with Crippen LogP contribution in [0.5, 0.6) is 11.5 Å². The van der Waals surface area contributed by atoms with Crippen molar-refractivity contribution in [1.29, 1.82) is 0 Å². The van der Waals surface area contributed by atoms with Gasteiger partial charge in [0.2, 0.25) is 0 Å². The van der Waals surface area contributed by atoms with Gasteiger partial charge in [-0.3, -0.25) is 4.79 Å². The molecule has 1 aromatic rings. The number of carbonyl (C=O) groups excluding carboxylic acids is 2. The molecule has 0 unspecified atom stereocenters. The Hall–Kier alpha value is -2.21. The standard InChI is InChI=1S/C22H30ClNO5/c1-5-28-19-13-16(12-17(23)21(19)27-4)10-11-20(25)29-15(3)22(26)24-18-9-7-6-8-14(18)2/h10-15,18H,5-9H2,1-4H3,(H,24,26)/b11-10+/t14-,15+,18-/m0/s1. The van der Waals surface area contributed by atoms with Crippen molar-refractivity contribution in [3.63, 3.8) is 0 Å². The van der Waals surface area contributed by atoms with Crippen LogP contribution in [0.15, 0.2) is 18.2 Å². The summed E-state index contributed by atoms with van der Waals surface area (Å²) in [6.45, 7) is 6.02. The van der Waals surface area contributed by atoms with E-state index in [4.69, 9.17) is 25.8 Å². The smallest absolute Gasteiger partial charge is 0.331 e. The van der Waals surface area contributed by atoms with E-state index in [0.717, 1.165) is 19.3 Å². The molecule has 1 aliphatic rings. The molecule has 0 aromatic heterocycles. The normalized spacial score (nSPS) is 20.2. The predicted octanol–water partition coefficient (Wildman–Crippen LogP) is 4.39. The molecule has 1 aromatic carbocycles. The number of nitrogens with one attached hydrogen (secondary N) is 1. The number of halogens is 1. The Morgan fingerprint density at radius 2 is 2.03 bits per heavy atom. The summed E-state index contributed by atoms with van der Waals surface area (Å²) >= 11 is 6.21. The Bertz CT molecular complexity index is 749. The third-order valence-electron chi connectivity index (χ3n) is 5.05. The summed E-state index contributed by atoms with van der Waals surface area (Å²) in [7, 11) is 1.51. The lowest BCUT2D eigenvalue weighted by molar-refractivity contribution is -0.150. The van der Waals surface area contributed by atoms with Gasteiger partial charge in [-0.05, 0) is 56.4 Å². The van der Waals surface area contributed by atoms with Crippen molar-refractivity contribution in [3.05, 3.63) is 28.8 Å². The number of amides is 1. The van der Waals surface area contributed by atoms with Crippen molar-refractivity contribution < 1.29 is 23.8 Å². The van der Waals surface area contributed by atoms with Crippen LogP contribution in [0.3, 0.4) is 0 Å². The first-order valence-corrected chi connectivity index (χ1v) is 10.4. The fraction of sp³-hybridized carbons (Fsp3) is 0.545. The first-order valence-electron chi connectivity index (χ1n) is 10.0. The SMILES string of the molecule is CCOc1cc(/C=C/C(=O)O[C@H](C)C(=O)N[C@H]2CCCC[C@@H]2C)cc(Cl)c1OC. The van der Waals surface area contributed by atoms with E-state index in [2.05, 4.69) is 12.2 Å². The Kier molecular flexibility index (Phi) is 8.83. The number of carbonyl (C=O) groups is 2. The lowest BCUT2D eigenvalue weighted by Crippen LogP contribution is -2.45. The van der Waals surface area contributed by atoms with Crippen LogP contribution in [0.25, 0.3) is 6.08 Å². The van der Waals surface area contributed by atoms with E-state index >= 15 is 0 Å². The molecule has 0 saturated heterocycles. The van der Waals surface area contributed by atoms with Crippen molar-refractivity contribution in [1.82, 2.24) is 5.32 Å². The summed E-state index contributed by atoms with van der Waals surface area (Å²) in [6, 6.07) is 3.53. The molecule has 0 heterocycles. The highest BCUT2D eigenvalue weighted by Gasteiger charge is 2.26. The van der Waals surface area contributed by atoms with Gasteiger partial charge >= 0.3 is 5.97 Å². The fourth-order valence-corrected chi connectivity index (χ4v) is 3.70. The molecule has 29 heavy (non-hydrogen) atoms. The lowest BCUT2D eigenvalue weighted by atomic mass is 9.86. The Morgan fingerprint density at radius 3 is 2.69 bits per heavy atom. The van der Waals surface area contributed by atoms with Crippen molar-refractivity contribution >= 4 is 29.6 Å². The molecule has 3 atom stereocenters. The van der Waals surface area contributed by atoms with Crippen molar-refractivity contribution in [3.8, 4) is 11.5 Å². The average molecular weight is 424 g/mol. The van der Waals surface area contributed by atoms with Crippen LogP contribution >= 0.6 is 11.6 Å². The third kappa shape index (κ3) is 6.67. The van der Waals surface area contributed by atoms with E-state index in [1.807, 2.05) is 6.92 Å². The molecule has 1 saturated carbocycles. The first kappa shape index (κ1) is 23.1. The third-order valence-corrected chi connectivity index (χ3v) is 5.33. The maximum absolute atomic E-state index is 12.3. The van der Waals surface area contributed by atoms with E-state index in [1.165, 1.54) is 19.6 Å². The van der Waals surface area contributed by atoms with Crippen LogP contribution < -0.4 is 14.8 Å². The Morgan fingerprint density at radius 1 is 1.31 bits per heavy atom. The van der Waals surface area contributed by atoms with Gasteiger partial charge in [-0.1, -0.05) is 31.4 Å². The molecule has 1 N–H and O–H groups in total. The first-order chi connectivity index (χ1) is 13.8. The van der Waals surface area contributed by atoms with Crippen LogP contribution in [0.2, 0.25) is 5.02 Å². The maximum atomic E-state index is 12.3. The Balaban J connectivity index is 1.95. The molecule has 0 aliphatic heterocycles. The molecule has 6 nitrogen and oxygen atoms in total. The van der Waals surface area contributed by atoms with Gasteiger partial charge in [-0.2, -0.15) is 0 Å². The van der Waals surface area contributed by atoms with Crippen LogP contribution in [0.1, 0.15) is 52.0 Å². The van der Waals surface area contributed by atoms with Gasteiger partial charge in [0.1, 0.15) is 0 Å². The number of esters is 1. The van der Waals surface area contributed by atoms with E-state index in [9.17, 15) is 9.59 Å². The molecule has 1 aliphatic carbocycles. The predicted molar refractivity (Wildman–Crippen MR) is 113 cm³/mol. The minimum Gasteiger partial charge on any atom is -0.491 e. The molecular formula is C22H30ClNO5. The van der Waals surface area contributed by atoms with Crippen LogP contribution in [-0.2, 0) is 14.3 Å². The summed E-state index contributed by atoms with van der Waals surface area (Å²) in [5, 5.41) is 3.38. The van der Waals surface area contributed by atoms with E-state index in [0.29, 0.717) is 34.6 Å². The zero-order chi connectivity index (χ0) is 21.4. The summed E-state index contributed by atoms with van der Waals surface area (Å²) in [5.74, 6) is 0.501. The average Bonchev–Trinajstić information content (AvgIpc) is 2.68. The molecular weight excluding hydrogens is 394 g/mol. The zero-order valence-corrected chi connectivity index (χ0v) is 18.3. The number of methoxy groups -OCH3 is 1. The quantitative estimate of drug-likeness (QED) is 0.496. The maximum Gasteiger partial charge on any atom is 0.331 e. The Labute approximate surface area is 177 Å². The topological polar surface area (TPSA) is 73.9 Å². The summed E-state index contributed by atoms with van der Waals surface area (Å²) in [5.41, 5.74) is 0.657. The highest BCUT2D eigenvalue weighted by molar-refractivity contribution is 6.32. The van der Waals surface area contributed by atoms with Gasteiger partial charge in [-0.15, -0.1) is 0 Å². The van der Waals surface area contributed by atoms with Crippen molar-refractivity contribution in [2.24, 2.45) is 5.92 Å². The van der Waals surface area contributed by atoms with Crippen molar-refractivity contribution in [2.45, 2.75) is 58.6 Å². The number of hydrogen-bond acceptors (Lipinski definition) is 5. The molecule has 160 valence electrons. The second-order valence-corrected chi connectivity index (χ2v) is 7.66. The largest absolute Gasteiger partial charge is 0.491 e. The second-order valence-electron chi connectivity index (χ2n) is 7.26. The fourth-order valence-electron chi connectivity index (χ4n) is 3.41. The summed E-state index contributed by atoms with van der Waals surface area (Å²) < 4.78 is 16.0. The second kappa shape index (κ2) is 11.1. The van der Waals surface area contributed by atoms with Gasteiger partial charge in [0.25, 0.3) is 5.91 Å². The molecule has 0 bridgehead atoms. The number of rotatable bonds is 8. The lowest BCUT2D eigenvalue weighted by Gasteiger charge is -2.30. The van der Waals surface area contributed by atoms with Gasteiger partial charge in [0.05, 0.1) is 18.7 Å². The van der Waals surface area contributed by atoms with E-state index in [1.54, 1.807) is 25.1 Å². The monoisotopic (exact) mass is 423 g/mol. The van der Waals surface area contributed by atoms with Gasteiger partial charge < -0.3 is 19.5 Å². The number of ether oxygens (including phenoxy) is 3. The van der Waals surface area contributed by atoms with Crippen molar-refractivity contribution in [2.75, 3.05) is 13.7 Å². The van der Waals surface area contributed by atoms with Gasteiger partial charge in [0, 0.05) is 12.1 Å². The molecule has 7 heteroatoms. The zero-order valence-electron chi connectivity index (χ0n) is 17.5. The molecule has 1 fully saturated rings. The molecule has 0 spiro atoms. The highest BCUT2D eigenvalue weighted by Crippen LogP contribution is 2.36. The molecule has 2 rings (SSSR count). The summed E-state index contributed by atoms with van der Waals surface area (Å²) in [4.78, 5) is 24.5. The van der Waals surface area contributed by atoms with E-state index < -0.39 is 12.1 Å². The van der Waals surface area contributed by atoms with E-state index in [-0.39, 0.29) is 11.9 Å². The minimum atomic E-state index is -0.861. The molecule has 1 amide bonds. The van der Waals surface area contributed by atoms with Crippen LogP contribution in [-0.4, -0.2) is 37.7 Å². The number of benzene rings is 1. The summed E-state index contributed by atoms with van der Waals surface area (Å²) in [6.07, 6.45) is 6.35.